The first-order valence-corrected chi connectivity index (χ1v) is 6.40. The maximum atomic E-state index is 11.8. The van der Waals surface area contributed by atoms with E-state index < -0.39 is 17.3 Å². The number of carboxylic acids is 1. The number of carbonyl (C=O) groups is 3. The van der Waals surface area contributed by atoms with Gasteiger partial charge in [-0.05, 0) is 12.8 Å². The number of nitrogens with zero attached hydrogens (tertiary/aromatic N) is 1. The van der Waals surface area contributed by atoms with Gasteiger partial charge < -0.3 is 10.4 Å². The summed E-state index contributed by atoms with van der Waals surface area (Å²) in [6, 6.07) is 0. The molecule has 1 saturated carbocycles. The highest BCUT2D eigenvalue weighted by molar-refractivity contribution is 6.39. The Morgan fingerprint density at radius 2 is 2.00 bits per heavy atom. The number of aliphatic carboxylic acids is 1. The molecule has 0 bridgehead atoms. The van der Waals surface area contributed by atoms with Crippen LogP contribution in [-0.4, -0.2) is 35.1 Å². The lowest BCUT2D eigenvalue weighted by atomic mass is 9.86. The zero-order valence-electron chi connectivity index (χ0n) is 10.6. The molecule has 1 fully saturated rings. The lowest BCUT2D eigenvalue weighted by Crippen LogP contribution is -2.44. The molecule has 2 rings (SSSR count). The molecule has 0 unspecified atom stereocenters. The van der Waals surface area contributed by atoms with Gasteiger partial charge in [0.15, 0.2) is 0 Å². The second-order valence-electron chi connectivity index (χ2n) is 5.07. The molecule has 7 nitrogen and oxygen atoms in total. The smallest absolute Gasteiger partial charge is 0.311 e. The molecule has 0 spiro atoms. The van der Waals surface area contributed by atoms with Crippen molar-refractivity contribution < 1.29 is 19.5 Å². The Bertz CT molecular complexity index is 438. The van der Waals surface area contributed by atoms with E-state index in [0.717, 1.165) is 12.8 Å². The topological polar surface area (TPSA) is 108 Å². The average Bonchev–Trinajstić information content (AvgIpc) is 2.87. The van der Waals surface area contributed by atoms with Gasteiger partial charge in [0.25, 0.3) is 5.91 Å². The summed E-state index contributed by atoms with van der Waals surface area (Å²) in [4.78, 5) is 34.1. The summed E-state index contributed by atoms with van der Waals surface area (Å²) in [5, 5.41) is 15.6. The number of hydrazone groups is 1. The Morgan fingerprint density at radius 1 is 1.32 bits per heavy atom. The molecule has 3 N–H and O–H groups in total. The zero-order chi connectivity index (χ0) is 13.9. The van der Waals surface area contributed by atoms with Gasteiger partial charge in [0.2, 0.25) is 5.91 Å². The van der Waals surface area contributed by atoms with Crippen LogP contribution in [-0.2, 0) is 14.4 Å². The monoisotopic (exact) mass is 267 g/mol. The second-order valence-corrected chi connectivity index (χ2v) is 5.07. The molecule has 2 amide bonds. The fourth-order valence-electron chi connectivity index (χ4n) is 2.51. The van der Waals surface area contributed by atoms with E-state index in [0.29, 0.717) is 12.8 Å². The molecule has 0 aromatic rings. The first kappa shape index (κ1) is 13.5. The van der Waals surface area contributed by atoms with Crippen molar-refractivity contribution in [1.82, 2.24) is 10.7 Å². The molecular weight excluding hydrogens is 250 g/mol. The predicted octanol–water partition coefficient (Wildman–Crippen LogP) is 0.0136. The van der Waals surface area contributed by atoms with E-state index in [1.54, 1.807) is 0 Å². The minimum Gasteiger partial charge on any atom is -0.481 e. The van der Waals surface area contributed by atoms with Gasteiger partial charge in [0.1, 0.15) is 5.71 Å². The second kappa shape index (κ2) is 5.38. The van der Waals surface area contributed by atoms with Crippen molar-refractivity contribution in [2.24, 2.45) is 10.5 Å². The lowest BCUT2D eigenvalue weighted by Gasteiger charge is -2.24. The summed E-state index contributed by atoms with van der Waals surface area (Å²) >= 11 is 0. The van der Waals surface area contributed by atoms with Crippen LogP contribution in [0, 0.1) is 5.41 Å². The van der Waals surface area contributed by atoms with Crippen LogP contribution in [0.15, 0.2) is 5.10 Å². The number of hydrogen-bond donors (Lipinski definition) is 3. The maximum absolute atomic E-state index is 11.8. The molecule has 7 heteroatoms. The Morgan fingerprint density at radius 3 is 2.53 bits per heavy atom. The zero-order valence-corrected chi connectivity index (χ0v) is 10.6. The minimum atomic E-state index is -0.857. The molecule has 1 aliphatic heterocycles. The summed E-state index contributed by atoms with van der Waals surface area (Å²) in [5.41, 5.74) is 1.65. The Hall–Kier alpha value is -1.92. The van der Waals surface area contributed by atoms with Crippen molar-refractivity contribution >= 4 is 23.5 Å². The summed E-state index contributed by atoms with van der Waals surface area (Å²) in [5.74, 6) is -1.47. The standard InChI is InChI=1S/C12H17N3O4/c16-9-4-3-8(14-15-9)10(17)13-7-12(11(18)19)5-1-2-6-12/h1-7H2,(H,13,17)(H,15,16)(H,18,19). The van der Waals surface area contributed by atoms with Crippen molar-refractivity contribution in [3.8, 4) is 0 Å². The molecule has 19 heavy (non-hydrogen) atoms. The first-order valence-electron chi connectivity index (χ1n) is 6.40. The van der Waals surface area contributed by atoms with Crippen LogP contribution >= 0.6 is 0 Å². The van der Waals surface area contributed by atoms with Gasteiger partial charge in [-0.25, -0.2) is 5.43 Å². The number of hydrogen-bond acceptors (Lipinski definition) is 4. The van der Waals surface area contributed by atoms with Gasteiger partial charge >= 0.3 is 5.97 Å². The number of amides is 2. The molecule has 1 aliphatic carbocycles. The van der Waals surface area contributed by atoms with Crippen molar-refractivity contribution in [2.45, 2.75) is 38.5 Å². The van der Waals surface area contributed by atoms with E-state index in [2.05, 4.69) is 15.8 Å². The molecule has 0 aromatic carbocycles. The van der Waals surface area contributed by atoms with Gasteiger partial charge in [-0.3, -0.25) is 14.4 Å². The predicted molar refractivity (Wildman–Crippen MR) is 66.4 cm³/mol. The van der Waals surface area contributed by atoms with E-state index in [1.807, 2.05) is 0 Å². The highest BCUT2D eigenvalue weighted by Gasteiger charge is 2.41. The Kier molecular flexibility index (Phi) is 3.82. The summed E-state index contributed by atoms with van der Waals surface area (Å²) in [6.07, 6.45) is 3.45. The number of rotatable bonds is 4. The van der Waals surface area contributed by atoms with E-state index in [1.165, 1.54) is 0 Å². The van der Waals surface area contributed by atoms with Crippen LogP contribution in [0.25, 0.3) is 0 Å². The normalized spacial score (nSPS) is 21.5. The Labute approximate surface area is 110 Å². The van der Waals surface area contributed by atoms with Crippen LogP contribution in [0.1, 0.15) is 38.5 Å². The lowest BCUT2D eigenvalue weighted by molar-refractivity contribution is -0.148. The molecular formula is C12H17N3O4. The molecule has 1 heterocycles. The Balaban J connectivity index is 1.93. The SMILES string of the molecule is O=C1CCC(C(=O)NCC2(C(=O)O)CCCC2)=NN1. The van der Waals surface area contributed by atoms with Crippen LogP contribution in [0.2, 0.25) is 0 Å². The van der Waals surface area contributed by atoms with E-state index in [-0.39, 0.29) is 31.0 Å². The molecule has 0 radical (unpaired) electrons. The van der Waals surface area contributed by atoms with Crippen molar-refractivity contribution in [3.05, 3.63) is 0 Å². The van der Waals surface area contributed by atoms with Crippen molar-refractivity contribution in [2.75, 3.05) is 6.54 Å². The van der Waals surface area contributed by atoms with Crippen LogP contribution in [0.3, 0.4) is 0 Å². The van der Waals surface area contributed by atoms with Gasteiger partial charge in [-0.2, -0.15) is 5.10 Å². The van der Waals surface area contributed by atoms with Crippen molar-refractivity contribution in [1.29, 1.82) is 0 Å². The van der Waals surface area contributed by atoms with Crippen LogP contribution < -0.4 is 10.7 Å². The molecule has 2 aliphatic rings. The highest BCUT2D eigenvalue weighted by atomic mass is 16.4. The third kappa shape index (κ3) is 2.91. The summed E-state index contributed by atoms with van der Waals surface area (Å²) < 4.78 is 0. The van der Waals surface area contributed by atoms with Gasteiger partial charge in [0, 0.05) is 19.4 Å². The van der Waals surface area contributed by atoms with Crippen LogP contribution in [0.5, 0.6) is 0 Å². The van der Waals surface area contributed by atoms with Crippen LogP contribution in [0.4, 0.5) is 0 Å². The number of carbonyl (C=O) groups excluding carboxylic acids is 2. The van der Waals surface area contributed by atoms with Gasteiger partial charge in [-0.15, -0.1) is 0 Å². The first-order chi connectivity index (χ1) is 9.03. The molecule has 0 aromatic heterocycles. The average molecular weight is 267 g/mol. The largest absolute Gasteiger partial charge is 0.481 e. The fraction of sp³-hybridized carbons (Fsp3) is 0.667. The van der Waals surface area contributed by atoms with Gasteiger partial charge in [0.05, 0.1) is 5.41 Å². The highest BCUT2D eigenvalue weighted by Crippen LogP contribution is 2.37. The van der Waals surface area contributed by atoms with Crippen molar-refractivity contribution in [3.63, 3.8) is 0 Å². The molecule has 0 atom stereocenters. The summed E-state index contributed by atoms with van der Waals surface area (Å²) in [6.45, 7) is 0.119. The molecule has 104 valence electrons. The van der Waals surface area contributed by atoms with Gasteiger partial charge in [-0.1, -0.05) is 12.8 Å². The maximum Gasteiger partial charge on any atom is 0.311 e. The fourth-order valence-corrected chi connectivity index (χ4v) is 2.51. The molecule has 0 saturated heterocycles. The number of nitrogens with one attached hydrogen (secondary N) is 2. The summed E-state index contributed by atoms with van der Waals surface area (Å²) in [7, 11) is 0. The van der Waals surface area contributed by atoms with E-state index in [9.17, 15) is 19.5 Å². The third-order valence-electron chi connectivity index (χ3n) is 3.77. The minimum absolute atomic E-state index is 0.119. The quantitative estimate of drug-likeness (QED) is 0.667. The number of carboxylic acid groups (broad SMARTS) is 1. The third-order valence-corrected chi connectivity index (χ3v) is 3.77. The van der Waals surface area contributed by atoms with E-state index in [4.69, 9.17) is 0 Å². The van der Waals surface area contributed by atoms with E-state index >= 15 is 0 Å².